The van der Waals surface area contributed by atoms with Gasteiger partial charge in [-0.25, -0.2) is 14.6 Å². The number of hydrogen-bond acceptors (Lipinski definition) is 9. The van der Waals surface area contributed by atoms with Crippen molar-refractivity contribution >= 4 is 28.7 Å². The van der Waals surface area contributed by atoms with Crippen molar-refractivity contribution in [1.29, 1.82) is 0 Å². The monoisotopic (exact) mass is 462 g/mol. The van der Waals surface area contributed by atoms with Crippen molar-refractivity contribution in [2.45, 2.75) is 25.4 Å². The van der Waals surface area contributed by atoms with E-state index in [9.17, 15) is 4.79 Å². The number of carbonyl (C=O) groups is 1. The predicted molar refractivity (Wildman–Crippen MR) is 127 cm³/mol. The van der Waals surface area contributed by atoms with Gasteiger partial charge in [-0.15, -0.1) is 0 Å². The van der Waals surface area contributed by atoms with Crippen LogP contribution in [0.1, 0.15) is 22.7 Å². The molecule has 12 heteroatoms. The molecule has 5 heterocycles. The average Bonchev–Trinajstić information content (AvgIpc) is 3.45. The molecular weight excluding hydrogens is 436 g/mol. The Morgan fingerprint density at radius 1 is 1.26 bits per heavy atom. The van der Waals surface area contributed by atoms with Crippen LogP contribution in [-0.2, 0) is 4.74 Å². The molecule has 1 amide bonds. The third-order valence-electron chi connectivity index (χ3n) is 5.73. The van der Waals surface area contributed by atoms with Gasteiger partial charge in [-0.3, -0.25) is 4.79 Å². The number of hydrogen-bond donors (Lipinski definition) is 4. The van der Waals surface area contributed by atoms with Crippen molar-refractivity contribution in [3.63, 3.8) is 0 Å². The molecule has 5 N–H and O–H groups in total. The average molecular weight is 463 g/mol. The lowest BCUT2D eigenvalue weighted by molar-refractivity contribution is 0.0752. The van der Waals surface area contributed by atoms with E-state index in [0.29, 0.717) is 36.2 Å². The molecule has 1 fully saturated rings. The SMILES string of the molecule is CNC(=O)c1nc(C)n2ccc(Nc3nccc(-n4cc(N[C@@H]5CCOC[C@@H]5N)cn4)n3)cc12. The zero-order valence-electron chi connectivity index (χ0n) is 18.9. The first-order chi connectivity index (χ1) is 16.5. The van der Waals surface area contributed by atoms with Crippen LogP contribution in [0.25, 0.3) is 11.3 Å². The minimum atomic E-state index is -0.245. The van der Waals surface area contributed by atoms with Crippen molar-refractivity contribution in [3.05, 3.63) is 54.5 Å². The minimum Gasteiger partial charge on any atom is -0.380 e. The van der Waals surface area contributed by atoms with E-state index in [4.69, 9.17) is 10.5 Å². The van der Waals surface area contributed by atoms with Crippen molar-refractivity contribution in [1.82, 2.24) is 34.4 Å². The van der Waals surface area contributed by atoms with Crippen LogP contribution in [0.15, 0.2) is 43.0 Å². The van der Waals surface area contributed by atoms with Gasteiger partial charge in [-0.1, -0.05) is 0 Å². The third-order valence-corrected chi connectivity index (χ3v) is 5.73. The van der Waals surface area contributed by atoms with Crippen molar-refractivity contribution in [2.24, 2.45) is 5.73 Å². The molecule has 2 atom stereocenters. The Labute approximate surface area is 195 Å². The normalized spacial score (nSPS) is 18.1. The Balaban J connectivity index is 1.35. The molecule has 4 aromatic heterocycles. The van der Waals surface area contributed by atoms with Gasteiger partial charge in [-0.2, -0.15) is 10.1 Å². The molecule has 0 saturated carbocycles. The molecular formula is C22H26N10O2. The van der Waals surface area contributed by atoms with Gasteiger partial charge in [-0.05, 0) is 25.5 Å². The van der Waals surface area contributed by atoms with Crippen molar-refractivity contribution in [3.8, 4) is 5.82 Å². The molecule has 0 aromatic carbocycles. The highest BCUT2D eigenvalue weighted by Gasteiger charge is 2.22. The Kier molecular flexibility index (Phi) is 5.82. The summed E-state index contributed by atoms with van der Waals surface area (Å²) in [6, 6.07) is 5.56. The number of nitrogens with one attached hydrogen (secondary N) is 3. The van der Waals surface area contributed by atoms with Crippen LogP contribution in [0.4, 0.5) is 17.3 Å². The number of amides is 1. The van der Waals surface area contributed by atoms with Crippen LogP contribution >= 0.6 is 0 Å². The first kappa shape index (κ1) is 21.8. The number of aromatic nitrogens is 6. The summed E-state index contributed by atoms with van der Waals surface area (Å²) in [5.41, 5.74) is 8.77. The number of imidazole rings is 1. The van der Waals surface area contributed by atoms with Gasteiger partial charge in [0.2, 0.25) is 5.95 Å². The predicted octanol–water partition coefficient (Wildman–Crippen LogP) is 1.25. The molecule has 1 aliphatic heterocycles. The molecule has 1 saturated heterocycles. The molecule has 1 aliphatic rings. The second-order valence-corrected chi connectivity index (χ2v) is 8.07. The number of aryl methyl sites for hydroxylation is 1. The first-order valence-corrected chi connectivity index (χ1v) is 11.0. The fourth-order valence-corrected chi connectivity index (χ4v) is 3.94. The second-order valence-electron chi connectivity index (χ2n) is 8.07. The fraction of sp³-hybridized carbons (Fsp3) is 0.318. The smallest absolute Gasteiger partial charge is 0.271 e. The largest absolute Gasteiger partial charge is 0.380 e. The Morgan fingerprint density at radius 3 is 2.97 bits per heavy atom. The lowest BCUT2D eigenvalue weighted by Gasteiger charge is -2.29. The van der Waals surface area contributed by atoms with E-state index >= 15 is 0 Å². The van der Waals surface area contributed by atoms with Crippen LogP contribution in [0.5, 0.6) is 0 Å². The maximum absolute atomic E-state index is 12.2. The Bertz CT molecular complexity index is 1330. The van der Waals surface area contributed by atoms with Crippen LogP contribution < -0.4 is 21.7 Å². The van der Waals surface area contributed by atoms with Gasteiger partial charge in [0.25, 0.3) is 5.91 Å². The van der Waals surface area contributed by atoms with Crippen LogP contribution in [0.2, 0.25) is 0 Å². The van der Waals surface area contributed by atoms with E-state index in [1.165, 1.54) is 0 Å². The van der Waals surface area contributed by atoms with Crippen molar-refractivity contribution in [2.75, 3.05) is 30.9 Å². The lowest BCUT2D eigenvalue weighted by atomic mass is 10.0. The van der Waals surface area contributed by atoms with E-state index in [-0.39, 0.29) is 18.0 Å². The van der Waals surface area contributed by atoms with Crippen LogP contribution in [0.3, 0.4) is 0 Å². The second kappa shape index (κ2) is 9.08. The number of rotatable bonds is 6. The van der Waals surface area contributed by atoms with Gasteiger partial charge < -0.3 is 30.8 Å². The fourth-order valence-electron chi connectivity index (χ4n) is 3.94. The summed E-state index contributed by atoms with van der Waals surface area (Å²) < 4.78 is 8.93. The molecule has 176 valence electrons. The van der Waals surface area contributed by atoms with Gasteiger partial charge in [0, 0.05) is 49.9 Å². The van der Waals surface area contributed by atoms with Gasteiger partial charge in [0.05, 0.1) is 30.2 Å². The van der Waals surface area contributed by atoms with Crippen molar-refractivity contribution < 1.29 is 9.53 Å². The van der Waals surface area contributed by atoms with Crippen LogP contribution in [0, 0.1) is 6.92 Å². The quantitative estimate of drug-likeness (QED) is 0.332. The molecule has 0 unspecified atom stereocenters. The summed E-state index contributed by atoms with van der Waals surface area (Å²) in [6.07, 6.45) is 7.96. The molecule has 12 nitrogen and oxygen atoms in total. The number of ether oxygens (including phenoxy) is 1. The van der Waals surface area contributed by atoms with E-state index in [1.54, 1.807) is 30.2 Å². The lowest BCUT2D eigenvalue weighted by Crippen LogP contribution is -2.47. The third kappa shape index (κ3) is 4.28. The molecule has 4 aromatic rings. The maximum Gasteiger partial charge on any atom is 0.271 e. The zero-order valence-corrected chi connectivity index (χ0v) is 18.9. The zero-order chi connectivity index (χ0) is 23.7. The highest BCUT2D eigenvalue weighted by Crippen LogP contribution is 2.21. The summed E-state index contributed by atoms with van der Waals surface area (Å²) >= 11 is 0. The summed E-state index contributed by atoms with van der Waals surface area (Å²) in [7, 11) is 1.58. The topological polar surface area (TPSA) is 149 Å². The van der Waals surface area contributed by atoms with E-state index < -0.39 is 0 Å². The summed E-state index contributed by atoms with van der Waals surface area (Å²) in [5.74, 6) is 1.49. The van der Waals surface area contributed by atoms with Crippen LogP contribution in [-0.4, -0.2) is 67.4 Å². The molecule has 5 rings (SSSR count). The highest BCUT2D eigenvalue weighted by molar-refractivity contribution is 5.99. The summed E-state index contributed by atoms with van der Waals surface area (Å²) in [4.78, 5) is 25.5. The highest BCUT2D eigenvalue weighted by atomic mass is 16.5. The number of fused-ring (bicyclic) bond motifs is 1. The van der Waals surface area contributed by atoms with E-state index in [1.807, 2.05) is 35.9 Å². The summed E-state index contributed by atoms with van der Waals surface area (Å²) in [5, 5.41) is 13.7. The molecule has 34 heavy (non-hydrogen) atoms. The molecule has 0 spiro atoms. The first-order valence-electron chi connectivity index (χ1n) is 11.0. The molecule has 0 radical (unpaired) electrons. The van der Waals surface area contributed by atoms with E-state index in [2.05, 4.69) is 36.0 Å². The Hall–Kier alpha value is -4.03. The molecule has 0 bridgehead atoms. The van der Waals surface area contributed by atoms with Gasteiger partial charge >= 0.3 is 0 Å². The number of nitrogens with zero attached hydrogens (tertiary/aromatic N) is 6. The minimum absolute atomic E-state index is 0.0622. The maximum atomic E-state index is 12.2. The number of anilines is 3. The number of pyridine rings is 1. The summed E-state index contributed by atoms with van der Waals surface area (Å²) in [6.45, 7) is 3.08. The van der Waals surface area contributed by atoms with E-state index in [0.717, 1.165) is 23.6 Å². The standard InChI is InChI=1S/C22H26N10O2/c1-13-27-20(21(33)24-2)18-9-14(4-7-31(13)18)29-22-25-6-3-19(30-22)32-11-15(10-26-32)28-17-5-8-34-12-16(17)23/h3-4,6-7,9-11,16-17,28H,5,8,12,23H2,1-2H3,(H,24,33)(H,25,29,30)/t16-,17+/m0/s1. The van der Waals surface area contributed by atoms with Gasteiger partial charge in [0.1, 0.15) is 5.82 Å². The Morgan fingerprint density at radius 2 is 2.15 bits per heavy atom. The number of carbonyl (C=O) groups excluding carboxylic acids is 1. The molecule has 0 aliphatic carbocycles. The van der Waals surface area contributed by atoms with Gasteiger partial charge in [0.15, 0.2) is 11.5 Å². The number of nitrogens with two attached hydrogens (primary N) is 1.